The number of carbonyl (C=O) groups excluding carboxylic acids is 3. The van der Waals surface area contributed by atoms with Gasteiger partial charge in [-0.05, 0) is 43.9 Å². The van der Waals surface area contributed by atoms with Crippen molar-refractivity contribution in [2.45, 2.75) is 32.7 Å². The predicted molar refractivity (Wildman–Crippen MR) is 98.7 cm³/mol. The largest absolute Gasteiger partial charge is 0.345 e. The van der Waals surface area contributed by atoms with Crippen LogP contribution in [0.5, 0.6) is 0 Å². The lowest BCUT2D eigenvalue weighted by Crippen LogP contribution is -2.53. The van der Waals surface area contributed by atoms with Crippen molar-refractivity contribution in [3.8, 4) is 0 Å². The van der Waals surface area contributed by atoms with E-state index in [9.17, 15) is 14.4 Å². The molecule has 0 unspecified atom stereocenters. The Balaban J connectivity index is 1.44. The number of piperazine rings is 1. The molecular weight excluding hydrogens is 332 g/mol. The van der Waals surface area contributed by atoms with Crippen molar-refractivity contribution >= 4 is 23.4 Å². The quantitative estimate of drug-likeness (QED) is 0.775. The third-order valence-electron chi connectivity index (χ3n) is 4.80. The van der Waals surface area contributed by atoms with Crippen LogP contribution in [0.15, 0.2) is 18.2 Å². The number of rotatable bonds is 4. The summed E-state index contributed by atoms with van der Waals surface area (Å²) >= 11 is 0. The Hall–Kier alpha value is -2.41. The van der Waals surface area contributed by atoms with Crippen molar-refractivity contribution in [1.82, 2.24) is 15.1 Å². The van der Waals surface area contributed by atoms with E-state index < -0.39 is 11.8 Å². The Labute approximate surface area is 153 Å². The van der Waals surface area contributed by atoms with Gasteiger partial charge in [-0.3, -0.25) is 19.3 Å². The van der Waals surface area contributed by atoms with Crippen LogP contribution in [-0.4, -0.2) is 66.3 Å². The lowest BCUT2D eigenvalue weighted by molar-refractivity contribution is -0.147. The zero-order chi connectivity index (χ0) is 18.7. The first-order chi connectivity index (χ1) is 12.4. The van der Waals surface area contributed by atoms with Crippen LogP contribution in [0.1, 0.15) is 24.0 Å². The molecule has 2 aliphatic rings. The zero-order valence-corrected chi connectivity index (χ0v) is 15.4. The SMILES string of the molecule is Cc1ccc(C)c(NC(=O)CN2CCN(C(=O)C(=O)NC3CC3)CC2)c1. The first-order valence-corrected chi connectivity index (χ1v) is 9.11. The first kappa shape index (κ1) is 18.4. The summed E-state index contributed by atoms with van der Waals surface area (Å²) in [5.74, 6) is -1.03. The Morgan fingerprint density at radius 3 is 2.42 bits per heavy atom. The van der Waals surface area contributed by atoms with Gasteiger partial charge < -0.3 is 15.5 Å². The Morgan fingerprint density at radius 1 is 1.08 bits per heavy atom. The summed E-state index contributed by atoms with van der Waals surface area (Å²) in [7, 11) is 0. The molecule has 2 N–H and O–H groups in total. The van der Waals surface area contributed by atoms with Gasteiger partial charge in [0.05, 0.1) is 6.54 Å². The number of amides is 3. The van der Waals surface area contributed by atoms with Crippen molar-refractivity contribution in [3.63, 3.8) is 0 Å². The summed E-state index contributed by atoms with van der Waals surface area (Å²) in [6, 6.07) is 6.15. The first-order valence-electron chi connectivity index (χ1n) is 9.11. The zero-order valence-electron chi connectivity index (χ0n) is 15.4. The van der Waals surface area contributed by atoms with Gasteiger partial charge >= 0.3 is 11.8 Å². The van der Waals surface area contributed by atoms with Gasteiger partial charge in [-0.1, -0.05) is 12.1 Å². The number of nitrogens with one attached hydrogen (secondary N) is 2. The molecule has 7 nitrogen and oxygen atoms in total. The normalized spacial score (nSPS) is 17.7. The maximum absolute atomic E-state index is 12.3. The number of nitrogens with zero attached hydrogens (tertiary/aromatic N) is 2. The second-order valence-electron chi connectivity index (χ2n) is 7.18. The van der Waals surface area contributed by atoms with Gasteiger partial charge in [0.1, 0.15) is 0 Å². The molecule has 0 atom stereocenters. The minimum Gasteiger partial charge on any atom is -0.345 e. The molecule has 26 heavy (non-hydrogen) atoms. The minimum atomic E-state index is -0.506. The Bertz CT molecular complexity index is 707. The van der Waals surface area contributed by atoms with Crippen LogP contribution in [0.4, 0.5) is 5.69 Å². The highest BCUT2D eigenvalue weighted by molar-refractivity contribution is 6.35. The van der Waals surface area contributed by atoms with Crippen molar-refractivity contribution in [2.75, 3.05) is 38.0 Å². The second kappa shape index (κ2) is 7.86. The van der Waals surface area contributed by atoms with Gasteiger partial charge in [0.25, 0.3) is 0 Å². The van der Waals surface area contributed by atoms with Crippen LogP contribution < -0.4 is 10.6 Å². The molecule has 1 heterocycles. The third-order valence-corrected chi connectivity index (χ3v) is 4.80. The number of anilines is 1. The van der Waals surface area contributed by atoms with Gasteiger partial charge in [0.2, 0.25) is 5.91 Å². The van der Waals surface area contributed by atoms with E-state index in [0.29, 0.717) is 26.2 Å². The number of benzene rings is 1. The fourth-order valence-corrected chi connectivity index (χ4v) is 2.99. The molecule has 1 aliphatic carbocycles. The van der Waals surface area contributed by atoms with E-state index in [1.54, 1.807) is 4.90 Å². The monoisotopic (exact) mass is 358 g/mol. The van der Waals surface area contributed by atoms with Gasteiger partial charge in [-0.2, -0.15) is 0 Å². The summed E-state index contributed by atoms with van der Waals surface area (Å²) in [5, 5.41) is 5.68. The smallest absolute Gasteiger partial charge is 0.311 e. The summed E-state index contributed by atoms with van der Waals surface area (Å²) in [5.41, 5.74) is 2.96. The van der Waals surface area contributed by atoms with E-state index >= 15 is 0 Å². The topological polar surface area (TPSA) is 81.8 Å². The molecule has 2 fully saturated rings. The van der Waals surface area contributed by atoms with E-state index in [1.165, 1.54) is 0 Å². The lowest BCUT2D eigenvalue weighted by atomic mass is 10.1. The molecule has 3 amide bonds. The van der Waals surface area contributed by atoms with Crippen LogP contribution in [0, 0.1) is 13.8 Å². The average Bonchev–Trinajstić information content (AvgIpc) is 3.42. The number of aryl methyl sites for hydroxylation is 2. The molecular formula is C19H26N4O3. The molecule has 0 spiro atoms. The maximum atomic E-state index is 12.3. The summed E-state index contributed by atoms with van der Waals surface area (Å²) in [6.45, 7) is 6.34. The highest BCUT2D eigenvalue weighted by Crippen LogP contribution is 2.19. The van der Waals surface area contributed by atoms with Crippen molar-refractivity contribution < 1.29 is 14.4 Å². The Kier molecular flexibility index (Phi) is 5.56. The summed E-state index contributed by atoms with van der Waals surface area (Å²) < 4.78 is 0. The van der Waals surface area contributed by atoms with E-state index in [0.717, 1.165) is 29.7 Å². The molecule has 1 aromatic rings. The van der Waals surface area contributed by atoms with Gasteiger partial charge in [-0.25, -0.2) is 0 Å². The van der Waals surface area contributed by atoms with Crippen LogP contribution in [0.2, 0.25) is 0 Å². The minimum absolute atomic E-state index is 0.0649. The average molecular weight is 358 g/mol. The predicted octanol–water partition coefficient (Wildman–Crippen LogP) is 0.665. The van der Waals surface area contributed by atoms with Crippen LogP contribution in [0.25, 0.3) is 0 Å². The van der Waals surface area contributed by atoms with Gasteiger partial charge in [-0.15, -0.1) is 0 Å². The van der Waals surface area contributed by atoms with Crippen molar-refractivity contribution in [2.24, 2.45) is 0 Å². The van der Waals surface area contributed by atoms with E-state index in [1.807, 2.05) is 36.9 Å². The van der Waals surface area contributed by atoms with E-state index in [-0.39, 0.29) is 18.5 Å². The number of hydrogen-bond donors (Lipinski definition) is 2. The number of hydrogen-bond acceptors (Lipinski definition) is 4. The van der Waals surface area contributed by atoms with Crippen LogP contribution in [-0.2, 0) is 14.4 Å². The molecule has 0 aromatic heterocycles. The molecule has 3 rings (SSSR count). The maximum Gasteiger partial charge on any atom is 0.311 e. The second-order valence-corrected chi connectivity index (χ2v) is 7.18. The van der Waals surface area contributed by atoms with E-state index in [4.69, 9.17) is 0 Å². The fourth-order valence-electron chi connectivity index (χ4n) is 2.99. The Morgan fingerprint density at radius 2 is 1.77 bits per heavy atom. The van der Waals surface area contributed by atoms with Crippen molar-refractivity contribution in [1.29, 1.82) is 0 Å². The molecule has 0 bridgehead atoms. The van der Waals surface area contributed by atoms with Crippen molar-refractivity contribution in [3.05, 3.63) is 29.3 Å². The van der Waals surface area contributed by atoms with Crippen LogP contribution >= 0.6 is 0 Å². The van der Waals surface area contributed by atoms with Gasteiger partial charge in [0, 0.05) is 37.9 Å². The summed E-state index contributed by atoms with van der Waals surface area (Å²) in [6.07, 6.45) is 1.92. The molecule has 0 radical (unpaired) electrons. The standard InChI is InChI=1S/C19H26N4O3/c1-13-3-4-14(2)16(11-13)21-17(24)12-22-7-9-23(10-8-22)19(26)18(25)20-15-5-6-15/h3-4,11,15H,5-10,12H2,1-2H3,(H,20,25)(H,21,24). The molecule has 1 aromatic carbocycles. The van der Waals surface area contributed by atoms with Gasteiger partial charge in [0.15, 0.2) is 0 Å². The van der Waals surface area contributed by atoms with Crippen LogP contribution in [0.3, 0.4) is 0 Å². The highest BCUT2D eigenvalue weighted by Gasteiger charge is 2.30. The molecule has 140 valence electrons. The van der Waals surface area contributed by atoms with E-state index in [2.05, 4.69) is 10.6 Å². The fraction of sp³-hybridized carbons (Fsp3) is 0.526. The lowest BCUT2D eigenvalue weighted by Gasteiger charge is -2.33. The molecule has 1 saturated carbocycles. The molecule has 7 heteroatoms. The third kappa shape index (κ3) is 4.82. The molecule has 1 aliphatic heterocycles. The number of carbonyl (C=O) groups is 3. The molecule has 1 saturated heterocycles. The summed E-state index contributed by atoms with van der Waals surface area (Å²) in [4.78, 5) is 39.8. The highest BCUT2D eigenvalue weighted by atomic mass is 16.2.